The van der Waals surface area contributed by atoms with Crippen LogP contribution in [0, 0.1) is 0 Å². The third-order valence-electron chi connectivity index (χ3n) is 2.82. The Balaban J connectivity index is 2.31. The normalized spacial score (nSPS) is 10.6. The van der Waals surface area contributed by atoms with Gasteiger partial charge >= 0.3 is 5.97 Å². The van der Waals surface area contributed by atoms with Gasteiger partial charge in [-0.05, 0) is 24.2 Å². The highest BCUT2D eigenvalue weighted by molar-refractivity contribution is 9.10. The molecule has 0 amide bonds. The minimum Gasteiger partial charge on any atom is -0.464 e. The Morgan fingerprint density at radius 2 is 2.30 bits per heavy atom. The van der Waals surface area contributed by atoms with Crippen LogP contribution in [0.25, 0.3) is 0 Å². The lowest BCUT2D eigenvalue weighted by atomic mass is 10.2. The number of halogens is 1. The van der Waals surface area contributed by atoms with Crippen LogP contribution in [-0.4, -0.2) is 34.6 Å². The van der Waals surface area contributed by atoms with Crippen molar-refractivity contribution in [1.82, 2.24) is 15.0 Å². The highest BCUT2D eigenvalue weighted by Crippen LogP contribution is 2.15. The average Bonchev–Trinajstić information content (AvgIpc) is 2.82. The number of nitrogens with two attached hydrogens (primary N) is 1. The summed E-state index contributed by atoms with van der Waals surface area (Å²) in [6.07, 6.45) is 0.519. The molecule has 0 spiro atoms. The third-order valence-corrected chi connectivity index (χ3v) is 3.31. The molecule has 1 aromatic carbocycles. The molecule has 0 radical (unpaired) electrons. The first-order valence-electron chi connectivity index (χ1n) is 6.11. The lowest BCUT2D eigenvalue weighted by molar-refractivity contribution is 0.0592. The van der Waals surface area contributed by atoms with Crippen molar-refractivity contribution in [3.05, 3.63) is 45.7 Å². The maximum Gasteiger partial charge on any atom is 0.360 e. The monoisotopic (exact) mass is 338 g/mol. The van der Waals surface area contributed by atoms with Crippen LogP contribution in [0.4, 0.5) is 0 Å². The Kier molecular flexibility index (Phi) is 4.86. The van der Waals surface area contributed by atoms with E-state index in [0.717, 1.165) is 10.0 Å². The van der Waals surface area contributed by atoms with Gasteiger partial charge in [-0.25, -0.2) is 9.48 Å². The number of esters is 1. The highest BCUT2D eigenvalue weighted by Gasteiger charge is 2.19. The molecule has 20 heavy (non-hydrogen) atoms. The van der Waals surface area contributed by atoms with E-state index in [-0.39, 0.29) is 5.69 Å². The molecule has 1 aromatic heterocycles. The topological polar surface area (TPSA) is 83.0 Å². The molecule has 0 atom stereocenters. The highest BCUT2D eigenvalue weighted by atomic mass is 79.9. The lowest BCUT2D eigenvalue weighted by Gasteiger charge is -2.07. The number of nitrogens with zero attached hydrogens (tertiary/aromatic N) is 3. The number of hydrogen-bond acceptors (Lipinski definition) is 5. The van der Waals surface area contributed by atoms with Crippen molar-refractivity contribution in [2.75, 3.05) is 13.7 Å². The Labute approximate surface area is 125 Å². The van der Waals surface area contributed by atoms with Crippen LogP contribution in [0.3, 0.4) is 0 Å². The number of rotatable bonds is 5. The first-order valence-corrected chi connectivity index (χ1v) is 6.90. The molecule has 2 rings (SSSR count). The van der Waals surface area contributed by atoms with Gasteiger partial charge in [-0.3, -0.25) is 0 Å². The van der Waals surface area contributed by atoms with Crippen LogP contribution in [0.2, 0.25) is 0 Å². The molecule has 2 N–H and O–H groups in total. The second kappa shape index (κ2) is 6.62. The maximum atomic E-state index is 11.6. The van der Waals surface area contributed by atoms with E-state index >= 15 is 0 Å². The van der Waals surface area contributed by atoms with Crippen LogP contribution in [0.15, 0.2) is 28.7 Å². The molecule has 0 saturated heterocycles. The van der Waals surface area contributed by atoms with Crippen molar-refractivity contribution in [2.45, 2.75) is 13.0 Å². The van der Waals surface area contributed by atoms with Gasteiger partial charge in [0.15, 0.2) is 5.69 Å². The summed E-state index contributed by atoms with van der Waals surface area (Å²) in [6, 6.07) is 7.87. The van der Waals surface area contributed by atoms with E-state index in [1.165, 1.54) is 7.11 Å². The second-order valence-electron chi connectivity index (χ2n) is 4.20. The first kappa shape index (κ1) is 14.7. The van der Waals surface area contributed by atoms with E-state index in [1.807, 2.05) is 24.3 Å². The predicted molar refractivity (Wildman–Crippen MR) is 77.4 cm³/mol. The SMILES string of the molecule is COC(=O)c1nnn(Cc2cccc(Br)c2)c1CCN. The zero-order chi connectivity index (χ0) is 14.5. The zero-order valence-electron chi connectivity index (χ0n) is 11.0. The summed E-state index contributed by atoms with van der Waals surface area (Å²) in [5, 5.41) is 7.92. The molecule has 0 aliphatic rings. The van der Waals surface area contributed by atoms with E-state index in [2.05, 4.69) is 26.2 Å². The lowest BCUT2D eigenvalue weighted by Crippen LogP contribution is -2.14. The molecule has 0 aliphatic carbocycles. The van der Waals surface area contributed by atoms with E-state index < -0.39 is 5.97 Å². The fourth-order valence-corrected chi connectivity index (χ4v) is 2.35. The molecule has 0 saturated carbocycles. The molecule has 7 heteroatoms. The minimum atomic E-state index is -0.492. The van der Waals surface area contributed by atoms with E-state index in [1.54, 1.807) is 4.68 Å². The van der Waals surface area contributed by atoms with Crippen LogP contribution in [0.5, 0.6) is 0 Å². The Hall–Kier alpha value is -1.73. The first-order chi connectivity index (χ1) is 9.65. The van der Waals surface area contributed by atoms with Crippen molar-refractivity contribution >= 4 is 21.9 Å². The maximum absolute atomic E-state index is 11.6. The molecule has 0 aliphatic heterocycles. The third kappa shape index (κ3) is 3.23. The molecule has 1 heterocycles. The fourth-order valence-electron chi connectivity index (χ4n) is 1.91. The summed E-state index contributed by atoms with van der Waals surface area (Å²) >= 11 is 3.42. The number of carbonyl (C=O) groups excluding carboxylic acids is 1. The van der Waals surface area contributed by atoms with E-state index in [9.17, 15) is 4.79 Å². The number of carbonyl (C=O) groups is 1. The summed E-state index contributed by atoms with van der Waals surface area (Å²) in [5.74, 6) is -0.492. The Morgan fingerprint density at radius 3 is 2.95 bits per heavy atom. The molecule has 0 bridgehead atoms. The van der Waals surface area contributed by atoms with Gasteiger partial charge < -0.3 is 10.5 Å². The van der Waals surface area contributed by atoms with Crippen molar-refractivity contribution in [3.8, 4) is 0 Å². The Bertz CT molecular complexity index is 612. The molecule has 0 fully saturated rings. The quantitative estimate of drug-likeness (QED) is 0.832. The van der Waals surface area contributed by atoms with Gasteiger partial charge in [0.1, 0.15) is 0 Å². The molecule has 0 unspecified atom stereocenters. The van der Waals surface area contributed by atoms with Crippen LogP contribution in [0.1, 0.15) is 21.7 Å². The average molecular weight is 339 g/mol. The number of hydrogen-bond donors (Lipinski definition) is 1. The predicted octanol–water partition coefficient (Wildman–Crippen LogP) is 1.38. The van der Waals surface area contributed by atoms with Crippen molar-refractivity contribution in [1.29, 1.82) is 0 Å². The van der Waals surface area contributed by atoms with Crippen molar-refractivity contribution in [2.24, 2.45) is 5.73 Å². The van der Waals surface area contributed by atoms with Crippen LogP contribution in [-0.2, 0) is 17.7 Å². The number of methoxy groups -OCH3 is 1. The smallest absolute Gasteiger partial charge is 0.360 e. The van der Waals surface area contributed by atoms with Gasteiger partial charge in [-0.1, -0.05) is 33.3 Å². The van der Waals surface area contributed by atoms with E-state index in [0.29, 0.717) is 25.2 Å². The minimum absolute atomic E-state index is 0.230. The summed E-state index contributed by atoms with van der Waals surface area (Å²) < 4.78 is 7.37. The zero-order valence-corrected chi connectivity index (χ0v) is 12.6. The number of aromatic nitrogens is 3. The van der Waals surface area contributed by atoms with Crippen molar-refractivity contribution in [3.63, 3.8) is 0 Å². The number of ether oxygens (including phenoxy) is 1. The van der Waals surface area contributed by atoms with Gasteiger partial charge in [0, 0.05) is 10.9 Å². The molecular weight excluding hydrogens is 324 g/mol. The second-order valence-corrected chi connectivity index (χ2v) is 5.12. The fraction of sp³-hybridized carbons (Fsp3) is 0.308. The van der Waals surface area contributed by atoms with Crippen molar-refractivity contribution < 1.29 is 9.53 Å². The molecule has 2 aromatic rings. The molecule has 106 valence electrons. The standard InChI is InChI=1S/C13H15BrN4O2/c1-20-13(19)12-11(5-6-15)18(17-16-12)8-9-3-2-4-10(14)7-9/h2-4,7H,5-6,8,15H2,1H3. The van der Waals surface area contributed by atoms with Crippen LogP contribution >= 0.6 is 15.9 Å². The molecular formula is C13H15BrN4O2. The van der Waals surface area contributed by atoms with Gasteiger partial charge in [0.25, 0.3) is 0 Å². The number of benzene rings is 1. The summed E-state index contributed by atoms with van der Waals surface area (Å²) in [7, 11) is 1.32. The molecule has 6 nitrogen and oxygen atoms in total. The summed E-state index contributed by atoms with van der Waals surface area (Å²) in [6.45, 7) is 0.939. The Morgan fingerprint density at radius 1 is 1.50 bits per heavy atom. The van der Waals surface area contributed by atoms with Gasteiger partial charge in [0.2, 0.25) is 0 Å². The van der Waals surface area contributed by atoms with Crippen LogP contribution < -0.4 is 5.73 Å². The van der Waals surface area contributed by atoms with Gasteiger partial charge in [-0.15, -0.1) is 5.10 Å². The largest absolute Gasteiger partial charge is 0.464 e. The van der Waals surface area contributed by atoms with Gasteiger partial charge in [0.05, 0.1) is 19.3 Å². The van der Waals surface area contributed by atoms with E-state index in [4.69, 9.17) is 10.5 Å². The summed E-state index contributed by atoms with van der Waals surface area (Å²) in [5.41, 5.74) is 7.57. The summed E-state index contributed by atoms with van der Waals surface area (Å²) in [4.78, 5) is 11.6. The van der Waals surface area contributed by atoms with Gasteiger partial charge in [-0.2, -0.15) is 0 Å².